The number of aliphatic hydroxyl groups excluding tert-OH is 1. The van der Waals surface area contributed by atoms with Gasteiger partial charge in [-0.3, -0.25) is 4.79 Å². The van der Waals surface area contributed by atoms with Crippen LogP contribution >= 0.6 is 11.8 Å². The van der Waals surface area contributed by atoms with Gasteiger partial charge >= 0.3 is 0 Å². The van der Waals surface area contributed by atoms with Crippen molar-refractivity contribution in [2.45, 2.75) is 37.2 Å². The van der Waals surface area contributed by atoms with Gasteiger partial charge in [0, 0.05) is 13.0 Å². The average molecular weight is 345 g/mol. The SMILES string of the molecule is Cc1noc([C@H]2C[C@H](O)CN2C(=O)[C@@H]2SCCc3ccccc32)n1. The molecule has 7 heteroatoms. The second kappa shape index (κ2) is 6.22. The van der Waals surface area contributed by atoms with Crippen molar-refractivity contribution in [3.8, 4) is 0 Å². The molecule has 1 saturated heterocycles. The van der Waals surface area contributed by atoms with Crippen LogP contribution in [0.15, 0.2) is 28.8 Å². The van der Waals surface area contributed by atoms with Crippen molar-refractivity contribution in [3.05, 3.63) is 47.1 Å². The van der Waals surface area contributed by atoms with E-state index in [4.69, 9.17) is 4.52 Å². The van der Waals surface area contributed by atoms with Gasteiger partial charge in [-0.15, -0.1) is 11.8 Å². The quantitative estimate of drug-likeness (QED) is 0.897. The minimum Gasteiger partial charge on any atom is -0.391 e. The molecule has 3 heterocycles. The normalized spacial score (nSPS) is 26.4. The van der Waals surface area contributed by atoms with E-state index in [0.717, 1.165) is 17.7 Å². The van der Waals surface area contributed by atoms with Crippen molar-refractivity contribution in [2.24, 2.45) is 0 Å². The van der Waals surface area contributed by atoms with Crippen LogP contribution in [-0.4, -0.2) is 44.5 Å². The van der Waals surface area contributed by atoms with Crippen LogP contribution in [0, 0.1) is 6.92 Å². The monoisotopic (exact) mass is 345 g/mol. The Morgan fingerprint density at radius 3 is 3.04 bits per heavy atom. The van der Waals surface area contributed by atoms with Gasteiger partial charge in [0.15, 0.2) is 5.82 Å². The smallest absolute Gasteiger partial charge is 0.249 e. The first-order valence-corrected chi connectivity index (χ1v) is 9.16. The predicted octanol–water partition coefficient (Wildman–Crippen LogP) is 2.04. The number of aromatic nitrogens is 2. The second-order valence-electron chi connectivity index (χ2n) is 6.28. The number of nitrogens with zero attached hydrogens (tertiary/aromatic N) is 3. The van der Waals surface area contributed by atoms with E-state index in [2.05, 4.69) is 16.2 Å². The molecule has 1 aromatic heterocycles. The zero-order chi connectivity index (χ0) is 16.7. The molecule has 1 N–H and O–H groups in total. The van der Waals surface area contributed by atoms with Crippen molar-refractivity contribution >= 4 is 17.7 Å². The molecule has 1 fully saturated rings. The summed E-state index contributed by atoms with van der Waals surface area (Å²) in [6.45, 7) is 2.06. The third-order valence-corrected chi connectivity index (χ3v) is 5.84. The number of rotatable bonds is 2. The number of amides is 1. The highest BCUT2D eigenvalue weighted by Gasteiger charge is 2.42. The zero-order valence-corrected chi connectivity index (χ0v) is 14.2. The number of carbonyl (C=O) groups is 1. The fourth-order valence-corrected chi connectivity index (χ4v) is 4.75. The molecule has 0 aliphatic carbocycles. The van der Waals surface area contributed by atoms with Gasteiger partial charge in [-0.25, -0.2) is 0 Å². The molecule has 1 amide bonds. The Balaban J connectivity index is 1.64. The van der Waals surface area contributed by atoms with Gasteiger partial charge in [0.1, 0.15) is 11.3 Å². The maximum absolute atomic E-state index is 13.2. The van der Waals surface area contributed by atoms with Crippen molar-refractivity contribution in [2.75, 3.05) is 12.3 Å². The number of benzene rings is 1. The van der Waals surface area contributed by atoms with E-state index in [1.165, 1.54) is 5.56 Å². The molecule has 126 valence electrons. The van der Waals surface area contributed by atoms with Gasteiger partial charge < -0.3 is 14.5 Å². The van der Waals surface area contributed by atoms with Crippen LogP contribution in [0.2, 0.25) is 0 Å². The number of thioether (sulfide) groups is 1. The molecular formula is C17H19N3O3S. The van der Waals surface area contributed by atoms with Gasteiger partial charge in [0.25, 0.3) is 0 Å². The summed E-state index contributed by atoms with van der Waals surface area (Å²) >= 11 is 1.67. The zero-order valence-electron chi connectivity index (χ0n) is 13.4. The number of aryl methyl sites for hydroxylation is 2. The number of hydrogen-bond acceptors (Lipinski definition) is 6. The highest BCUT2D eigenvalue weighted by atomic mass is 32.2. The Hall–Kier alpha value is -1.86. The fourth-order valence-electron chi connectivity index (χ4n) is 3.49. The number of hydrogen-bond donors (Lipinski definition) is 1. The molecule has 6 nitrogen and oxygen atoms in total. The first-order valence-electron chi connectivity index (χ1n) is 8.11. The van der Waals surface area contributed by atoms with Crippen molar-refractivity contribution < 1.29 is 14.4 Å². The minimum atomic E-state index is -0.560. The summed E-state index contributed by atoms with van der Waals surface area (Å²) in [6, 6.07) is 7.77. The molecule has 3 atom stereocenters. The van der Waals surface area contributed by atoms with Crippen LogP contribution in [0.3, 0.4) is 0 Å². The lowest BCUT2D eigenvalue weighted by Gasteiger charge is -2.30. The summed E-state index contributed by atoms with van der Waals surface area (Å²) < 4.78 is 5.26. The third-order valence-electron chi connectivity index (χ3n) is 4.61. The van der Waals surface area contributed by atoms with E-state index >= 15 is 0 Å². The molecule has 2 aliphatic rings. The first kappa shape index (κ1) is 15.7. The van der Waals surface area contributed by atoms with Crippen molar-refractivity contribution in [1.82, 2.24) is 15.0 Å². The molecule has 0 bridgehead atoms. The van der Waals surface area contributed by atoms with Gasteiger partial charge in [-0.1, -0.05) is 29.4 Å². The molecule has 4 rings (SSSR count). The summed E-state index contributed by atoms with van der Waals surface area (Å²) in [5.74, 6) is 1.89. The Morgan fingerprint density at radius 2 is 2.25 bits per heavy atom. The number of likely N-dealkylation sites (tertiary alicyclic amines) is 1. The molecule has 0 unspecified atom stereocenters. The molecular weight excluding hydrogens is 326 g/mol. The Morgan fingerprint density at radius 1 is 1.42 bits per heavy atom. The molecule has 1 aromatic carbocycles. The van der Waals surface area contributed by atoms with Crippen LogP contribution in [0.5, 0.6) is 0 Å². The van der Waals surface area contributed by atoms with E-state index < -0.39 is 6.10 Å². The Kier molecular flexibility index (Phi) is 4.05. The lowest BCUT2D eigenvalue weighted by atomic mass is 10.0. The van der Waals surface area contributed by atoms with Gasteiger partial charge in [-0.05, 0) is 30.2 Å². The number of fused-ring (bicyclic) bond motifs is 1. The lowest BCUT2D eigenvalue weighted by Crippen LogP contribution is -2.36. The highest BCUT2D eigenvalue weighted by Crippen LogP contribution is 2.41. The molecule has 0 saturated carbocycles. The summed E-state index contributed by atoms with van der Waals surface area (Å²) in [6.07, 6.45) is 0.862. The largest absolute Gasteiger partial charge is 0.391 e. The lowest BCUT2D eigenvalue weighted by molar-refractivity contribution is -0.132. The maximum atomic E-state index is 13.2. The number of carbonyl (C=O) groups excluding carboxylic acids is 1. The highest BCUT2D eigenvalue weighted by molar-refractivity contribution is 8.00. The fraction of sp³-hybridized carbons (Fsp3) is 0.471. The summed E-state index contributed by atoms with van der Waals surface area (Å²) in [5.41, 5.74) is 2.32. The van der Waals surface area contributed by atoms with Crippen LogP contribution in [-0.2, 0) is 11.2 Å². The third kappa shape index (κ3) is 2.71. The maximum Gasteiger partial charge on any atom is 0.249 e. The van der Waals surface area contributed by atoms with Crippen LogP contribution in [0.25, 0.3) is 0 Å². The number of β-amino-alcohol motifs (C(OH)–C–C–N with tert-alkyl or cyclic N) is 1. The van der Waals surface area contributed by atoms with E-state index in [1.807, 2.05) is 18.2 Å². The first-order chi connectivity index (χ1) is 11.6. The second-order valence-corrected chi connectivity index (χ2v) is 7.49. The van der Waals surface area contributed by atoms with Crippen LogP contribution < -0.4 is 0 Å². The Bertz CT molecular complexity index is 763. The van der Waals surface area contributed by atoms with E-state index in [1.54, 1.807) is 23.6 Å². The molecule has 0 spiro atoms. The standard InChI is InChI=1S/C17H19N3O3S/c1-10-18-16(23-19-10)14-8-12(21)9-20(14)17(22)15-13-5-3-2-4-11(13)6-7-24-15/h2-5,12,14-15,21H,6-9H2,1H3/t12-,14+,15+/m0/s1. The van der Waals surface area contributed by atoms with E-state index in [-0.39, 0.29) is 17.2 Å². The predicted molar refractivity (Wildman–Crippen MR) is 89.5 cm³/mol. The van der Waals surface area contributed by atoms with Crippen LogP contribution in [0.4, 0.5) is 0 Å². The topological polar surface area (TPSA) is 79.5 Å². The number of aliphatic hydroxyl groups is 1. The van der Waals surface area contributed by atoms with E-state index in [0.29, 0.717) is 24.7 Å². The average Bonchev–Trinajstić information content (AvgIpc) is 3.19. The van der Waals surface area contributed by atoms with Crippen LogP contribution in [0.1, 0.15) is 40.6 Å². The summed E-state index contributed by atoms with van der Waals surface area (Å²) in [5, 5.41) is 13.7. The van der Waals surface area contributed by atoms with Crippen molar-refractivity contribution in [1.29, 1.82) is 0 Å². The van der Waals surface area contributed by atoms with Gasteiger partial charge in [-0.2, -0.15) is 4.98 Å². The van der Waals surface area contributed by atoms with Crippen molar-refractivity contribution in [3.63, 3.8) is 0 Å². The molecule has 2 aliphatic heterocycles. The molecule has 0 radical (unpaired) electrons. The van der Waals surface area contributed by atoms with Gasteiger partial charge in [0.2, 0.25) is 11.8 Å². The molecule has 2 aromatic rings. The summed E-state index contributed by atoms with van der Waals surface area (Å²) in [7, 11) is 0. The minimum absolute atomic E-state index is 0.0181. The Labute approximate surface area is 144 Å². The van der Waals surface area contributed by atoms with E-state index in [9.17, 15) is 9.90 Å². The molecule has 24 heavy (non-hydrogen) atoms. The summed E-state index contributed by atoms with van der Waals surface area (Å²) in [4.78, 5) is 19.2. The van der Waals surface area contributed by atoms with Gasteiger partial charge in [0.05, 0.1) is 6.10 Å².